The number of rotatable bonds is 2. The number of nitrogens with zero attached hydrogens (tertiary/aromatic N) is 1. The van der Waals surface area contributed by atoms with E-state index in [-0.39, 0.29) is 30.9 Å². The van der Waals surface area contributed by atoms with E-state index < -0.39 is 43.5 Å². The zero-order chi connectivity index (χ0) is 22.6. The minimum atomic E-state index is -2.72. The Bertz CT molecular complexity index is 979. The molecule has 1 spiro atoms. The van der Waals surface area contributed by atoms with E-state index in [0.29, 0.717) is 11.1 Å². The molecule has 0 amide bonds. The predicted octanol–water partition coefficient (Wildman–Crippen LogP) is 1.50. The predicted molar refractivity (Wildman–Crippen MR) is 82.5 cm³/mol. The van der Waals surface area contributed by atoms with Gasteiger partial charge in [-0.3, -0.25) is 0 Å². The summed E-state index contributed by atoms with van der Waals surface area (Å²) in [5.41, 5.74) is 0.270. The fourth-order valence-electron chi connectivity index (χ4n) is 4.72. The molecule has 1 aromatic rings. The Morgan fingerprint density at radius 1 is 1.55 bits per heavy atom. The molecule has 5 atom stereocenters. The Labute approximate surface area is 143 Å². The van der Waals surface area contributed by atoms with E-state index in [1.54, 1.807) is 12.1 Å². The molecule has 2 heterocycles. The lowest BCUT2D eigenvalue weighted by Crippen LogP contribution is -2.64. The molecule has 0 radical (unpaired) electrons. The zero-order valence-electron chi connectivity index (χ0n) is 20.8. The second-order valence-electron chi connectivity index (χ2n) is 6.38. The largest absolute Gasteiger partial charge is 0.493 e. The van der Waals surface area contributed by atoms with E-state index in [9.17, 15) is 1.37 Å². The number of likely N-dealkylation sites (tertiary alicyclic amines) is 1. The quantitative estimate of drug-likeness (QED) is 0.841. The van der Waals surface area contributed by atoms with Gasteiger partial charge in [0.15, 0.2) is 11.5 Å². The van der Waals surface area contributed by atoms with Crippen LogP contribution in [0, 0.1) is 5.92 Å². The summed E-state index contributed by atoms with van der Waals surface area (Å²) in [6.07, 6.45) is 0.285. The lowest BCUT2D eigenvalue weighted by molar-refractivity contribution is -0.0453. The maximum atomic E-state index is 9.30. The van der Waals surface area contributed by atoms with Crippen LogP contribution in [0.5, 0.6) is 11.5 Å². The summed E-state index contributed by atoms with van der Waals surface area (Å²) in [6.45, 7) is -2.43. The third-order valence-electron chi connectivity index (χ3n) is 5.58. The van der Waals surface area contributed by atoms with Gasteiger partial charge in [-0.1, -0.05) is 18.2 Å². The summed E-state index contributed by atoms with van der Waals surface area (Å²) in [5.74, 6) is -0.501. The van der Waals surface area contributed by atoms with Gasteiger partial charge in [0.25, 0.3) is 0 Å². The SMILES string of the molecule is [2H]OC1([2H])C=C[C@@H]2[C@@]34CCN(C([2H])([2H])[2H])[C@]2([2H])Cc2ccc(OC([2H])([2H])[2H])c(c23)OC14. The fraction of sp³-hybridized carbons (Fsp3) is 0.556. The topological polar surface area (TPSA) is 41.9 Å². The number of piperidine rings is 1. The van der Waals surface area contributed by atoms with Crippen LogP contribution in [0.4, 0.5) is 0 Å². The van der Waals surface area contributed by atoms with Crippen molar-refractivity contribution in [2.75, 3.05) is 20.6 Å². The van der Waals surface area contributed by atoms with Gasteiger partial charge in [0.1, 0.15) is 12.2 Å². The minimum absolute atomic E-state index is 0.00987. The van der Waals surface area contributed by atoms with Crippen molar-refractivity contribution in [3.8, 4) is 11.5 Å². The highest BCUT2D eigenvalue weighted by Crippen LogP contribution is 2.62. The van der Waals surface area contributed by atoms with Gasteiger partial charge in [0, 0.05) is 28.4 Å². The molecule has 1 fully saturated rings. The van der Waals surface area contributed by atoms with Crippen LogP contribution in [0.2, 0.25) is 0 Å². The highest BCUT2D eigenvalue weighted by atomic mass is 16.5. The van der Waals surface area contributed by atoms with E-state index >= 15 is 0 Å². The lowest BCUT2D eigenvalue weighted by atomic mass is 9.53. The van der Waals surface area contributed by atoms with Gasteiger partial charge in [-0.25, -0.2) is 0 Å². The molecule has 1 saturated heterocycles. The molecular weight excluding hydrogens is 278 g/mol. The Kier molecular flexibility index (Phi) is 1.28. The van der Waals surface area contributed by atoms with E-state index in [2.05, 4.69) is 0 Å². The van der Waals surface area contributed by atoms with Crippen LogP contribution in [0.1, 0.15) is 28.5 Å². The molecule has 2 aliphatic heterocycles. The minimum Gasteiger partial charge on any atom is -0.493 e. The summed E-state index contributed by atoms with van der Waals surface area (Å²) >= 11 is 0. The number of aliphatic hydroxyl groups is 1. The monoisotopic (exact) mass is 308 g/mol. The highest BCUT2D eigenvalue weighted by molar-refractivity contribution is 5.62. The smallest absolute Gasteiger partial charge is 0.211 e. The number of benzene rings is 1. The molecular formula is C18H21NO3. The first-order chi connectivity index (χ1) is 14.3. The first-order valence-corrected chi connectivity index (χ1v) is 7.40. The van der Waals surface area contributed by atoms with Crippen molar-refractivity contribution in [2.24, 2.45) is 5.92 Å². The fourth-order valence-corrected chi connectivity index (χ4v) is 4.72. The van der Waals surface area contributed by atoms with Gasteiger partial charge in [-0.2, -0.15) is 0 Å². The second kappa shape index (κ2) is 4.06. The molecule has 22 heavy (non-hydrogen) atoms. The number of ether oxygens (including phenoxy) is 2. The second-order valence-corrected chi connectivity index (χ2v) is 6.38. The van der Waals surface area contributed by atoms with Crippen LogP contribution in [0.15, 0.2) is 24.3 Å². The third-order valence-corrected chi connectivity index (χ3v) is 5.58. The molecule has 2 unspecified atom stereocenters. The maximum Gasteiger partial charge on any atom is 0.211 e. The Balaban J connectivity index is 1.77. The van der Waals surface area contributed by atoms with Crippen LogP contribution >= 0.6 is 0 Å². The van der Waals surface area contributed by atoms with Crippen LogP contribution in [-0.4, -0.2) is 50.2 Å². The first-order valence-electron chi connectivity index (χ1n) is 11.8. The molecule has 2 aliphatic carbocycles. The van der Waals surface area contributed by atoms with Gasteiger partial charge < -0.3 is 19.5 Å². The molecule has 0 saturated carbocycles. The summed E-state index contributed by atoms with van der Waals surface area (Å²) in [6, 6.07) is 1.54. The number of methoxy groups -OCH3 is 1. The molecule has 2 bridgehead atoms. The number of likely N-dealkylation sites (N-methyl/N-ethyl adjacent to an activating group) is 1. The normalized spacial score (nSPS) is 54.8. The van der Waals surface area contributed by atoms with E-state index in [4.69, 9.17) is 25.6 Å². The van der Waals surface area contributed by atoms with Crippen LogP contribution in [0.3, 0.4) is 0 Å². The van der Waals surface area contributed by atoms with Crippen LogP contribution in [0.25, 0.3) is 0 Å². The average molecular weight is 308 g/mol. The van der Waals surface area contributed by atoms with Gasteiger partial charge in [-0.15, -0.1) is 0 Å². The van der Waals surface area contributed by atoms with E-state index in [1.807, 2.05) is 0 Å². The van der Waals surface area contributed by atoms with E-state index in [0.717, 1.165) is 0 Å². The number of hydrogen-bond donors (Lipinski definition) is 1. The molecule has 5 rings (SSSR count). The lowest BCUT2D eigenvalue weighted by Gasteiger charge is -2.56. The van der Waals surface area contributed by atoms with Crippen molar-refractivity contribution in [3.63, 3.8) is 0 Å². The molecule has 1 aromatic carbocycles. The average Bonchev–Trinajstić information content (AvgIpc) is 2.98. The Morgan fingerprint density at radius 3 is 3.41 bits per heavy atom. The Morgan fingerprint density at radius 2 is 2.55 bits per heavy atom. The summed E-state index contributed by atoms with van der Waals surface area (Å²) in [5, 5.41) is 4.76. The molecule has 1 N–H and O–H groups in total. The van der Waals surface area contributed by atoms with Gasteiger partial charge in [0.2, 0.25) is 1.43 Å². The summed E-state index contributed by atoms with van der Waals surface area (Å²) in [4.78, 5) is 1.21. The van der Waals surface area contributed by atoms with E-state index in [1.165, 1.54) is 17.0 Å². The van der Waals surface area contributed by atoms with Gasteiger partial charge in [0.05, 0.1) is 12.5 Å². The first kappa shape index (κ1) is 6.93. The van der Waals surface area contributed by atoms with Crippen molar-refractivity contribution < 1.29 is 25.5 Å². The number of hydrogen-bond acceptors (Lipinski definition) is 4. The summed E-state index contributed by atoms with van der Waals surface area (Å²) in [7, 11) is -2.72. The summed E-state index contributed by atoms with van der Waals surface area (Å²) < 4.78 is 83.2. The Hall–Kier alpha value is -1.52. The zero-order valence-corrected chi connectivity index (χ0v) is 11.8. The van der Waals surface area contributed by atoms with Crippen molar-refractivity contribution in [1.29, 1.82) is 1.43 Å². The standard InChI is InChI=1S/C18H21NO3/c1-19-8-7-18-11-4-5-13(20)17(18)22-16-14(21-2)6-3-10(15(16)18)9-12(11)19/h3-6,11-13,17,20H,7-9H2,1-2H3/t11-,12+,13?,17?,18-/m0/s1/i1D3,2D3,12D,13D,20D. The van der Waals surface area contributed by atoms with Crippen LogP contribution in [-0.2, 0) is 11.8 Å². The molecule has 0 aromatic heterocycles. The molecule has 4 heteroatoms. The van der Waals surface area contributed by atoms with Crippen LogP contribution < -0.4 is 9.47 Å². The van der Waals surface area contributed by atoms with Crippen molar-refractivity contribution in [3.05, 3.63) is 35.4 Å². The molecule has 4 aliphatic rings. The van der Waals surface area contributed by atoms with Crippen molar-refractivity contribution >= 4 is 0 Å². The molecule has 116 valence electrons. The van der Waals surface area contributed by atoms with Crippen molar-refractivity contribution in [1.82, 2.24) is 4.90 Å². The van der Waals surface area contributed by atoms with Gasteiger partial charge >= 0.3 is 0 Å². The molecule has 4 nitrogen and oxygen atoms in total. The van der Waals surface area contributed by atoms with Crippen molar-refractivity contribution in [2.45, 2.75) is 36.5 Å². The third kappa shape index (κ3) is 1.28. The highest BCUT2D eigenvalue weighted by Gasteiger charge is 2.64. The van der Waals surface area contributed by atoms with Gasteiger partial charge in [-0.05, 0) is 38.0 Å². The maximum absolute atomic E-state index is 9.30.